The van der Waals surface area contributed by atoms with Gasteiger partial charge in [-0.3, -0.25) is 9.69 Å². The number of amides is 1. The third-order valence-electron chi connectivity index (χ3n) is 3.88. The first-order valence-electron chi connectivity index (χ1n) is 7.78. The first kappa shape index (κ1) is 15.7. The quantitative estimate of drug-likeness (QED) is 0.938. The molecule has 1 aromatic heterocycles. The number of anilines is 1. The van der Waals surface area contributed by atoms with Crippen LogP contribution in [0.25, 0.3) is 0 Å². The summed E-state index contributed by atoms with van der Waals surface area (Å²) in [6.45, 7) is 5.87. The van der Waals surface area contributed by atoms with Gasteiger partial charge in [0.1, 0.15) is 11.8 Å². The number of nitrogens with one attached hydrogen (secondary N) is 1. The van der Waals surface area contributed by atoms with Crippen LogP contribution in [0.5, 0.6) is 0 Å². The zero-order valence-electron chi connectivity index (χ0n) is 13.4. The van der Waals surface area contributed by atoms with Gasteiger partial charge < -0.3 is 14.6 Å². The van der Waals surface area contributed by atoms with E-state index < -0.39 is 0 Å². The van der Waals surface area contributed by atoms with Crippen molar-refractivity contribution in [3.05, 3.63) is 47.7 Å². The van der Waals surface area contributed by atoms with E-state index in [4.69, 9.17) is 9.26 Å². The molecule has 0 bridgehead atoms. The molecule has 0 aliphatic carbocycles. The van der Waals surface area contributed by atoms with Gasteiger partial charge in [0.2, 0.25) is 5.91 Å². The summed E-state index contributed by atoms with van der Waals surface area (Å²) < 4.78 is 10.6. The molecule has 0 unspecified atom stereocenters. The molecule has 1 aliphatic rings. The van der Waals surface area contributed by atoms with E-state index in [9.17, 15) is 4.79 Å². The Hall–Kier alpha value is -2.18. The second-order valence-electron chi connectivity index (χ2n) is 5.80. The van der Waals surface area contributed by atoms with Crippen LogP contribution in [-0.2, 0) is 9.53 Å². The Morgan fingerprint density at radius 3 is 2.83 bits per heavy atom. The number of nitrogens with zero attached hydrogens (tertiary/aromatic N) is 2. The molecule has 0 radical (unpaired) electrons. The van der Waals surface area contributed by atoms with Crippen molar-refractivity contribution >= 4 is 11.7 Å². The summed E-state index contributed by atoms with van der Waals surface area (Å²) in [5, 5.41) is 6.69. The molecule has 6 nitrogen and oxygen atoms in total. The normalized spacial score (nSPS) is 20.2. The lowest BCUT2D eigenvalue weighted by Gasteiger charge is -2.36. The van der Waals surface area contributed by atoms with Crippen molar-refractivity contribution in [2.24, 2.45) is 0 Å². The maximum Gasteiger partial charge on any atom is 0.247 e. The van der Waals surface area contributed by atoms with E-state index in [1.54, 1.807) is 13.0 Å². The maximum atomic E-state index is 12.9. The minimum atomic E-state index is -0.375. The molecule has 1 aromatic carbocycles. The van der Waals surface area contributed by atoms with Crippen LogP contribution in [0.1, 0.15) is 24.3 Å². The van der Waals surface area contributed by atoms with Gasteiger partial charge in [-0.15, -0.1) is 0 Å². The summed E-state index contributed by atoms with van der Waals surface area (Å²) >= 11 is 0. The standard InChI is InChI=1S/C17H21N3O3/c1-12-10-15(19-23-12)18-17(21)16(14-6-4-3-5-7-14)20-8-9-22-13(2)11-20/h3-7,10,13,16H,8-9,11H2,1-2H3,(H,18,19,21)/t13-,16-/m0/s1. The number of benzene rings is 1. The lowest BCUT2D eigenvalue weighted by Crippen LogP contribution is -2.46. The van der Waals surface area contributed by atoms with Crippen molar-refractivity contribution in [1.29, 1.82) is 0 Å². The molecule has 1 N–H and O–H groups in total. The third-order valence-corrected chi connectivity index (χ3v) is 3.88. The predicted octanol–water partition coefficient (Wildman–Crippen LogP) is 2.38. The van der Waals surface area contributed by atoms with Crippen molar-refractivity contribution in [2.45, 2.75) is 26.0 Å². The fourth-order valence-corrected chi connectivity index (χ4v) is 2.86. The smallest absolute Gasteiger partial charge is 0.247 e. The van der Waals surface area contributed by atoms with Gasteiger partial charge in [0.15, 0.2) is 5.82 Å². The highest BCUT2D eigenvalue weighted by Gasteiger charge is 2.31. The predicted molar refractivity (Wildman–Crippen MR) is 86.0 cm³/mol. The minimum absolute atomic E-state index is 0.108. The number of morpholine rings is 1. The van der Waals surface area contributed by atoms with Crippen molar-refractivity contribution in [1.82, 2.24) is 10.1 Å². The summed E-state index contributed by atoms with van der Waals surface area (Å²) in [5.41, 5.74) is 0.958. The fourth-order valence-electron chi connectivity index (χ4n) is 2.86. The van der Waals surface area contributed by atoms with Crippen LogP contribution in [0.3, 0.4) is 0 Å². The fraction of sp³-hybridized carbons (Fsp3) is 0.412. The molecular weight excluding hydrogens is 294 g/mol. The third kappa shape index (κ3) is 3.78. The number of carbonyl (C=O) groups excluding carboxylic acids is 1. The van der Waals surface area contributed by atoms with Crippen LogP contribution < -0.4 is 5.32 Å². The highest BCUT2D eigenvalue weighted by atomic mass is 16.5. The molecule has 0 saturated carbocycles. The second kappa shape index (κ2) is 6.93. The van der Waals surface area contributed by atoms with Crippen LogP contribution >= 0.6 is 0 Å². The number of carbonyl (C=O) groups is 1. The SMILES string of the molecule is Cc1cc(NC(=O)[C@H](c2ccccc2)N2CCO[C@@H](C)C2)no1. The van der Waals surface area contributed by atoms with Gasteiger partial charge >= 0.3 is 0 Å². The number of hydrogen-bond acceptors (Lipinski definition) is 5. The Kier molecular flexibility index (Phi) is 4.73. The van der Waals surface area contributed by atoms with Gasteiger partial charge in [0.05, 0.1) is 12.7 Å². The first-order chi connectivity index (χ1) is 11.1. The van der Waals surface area contributed by atoms with E-state index in [-0.39, 0.29) is 18.1 Å². The second-order valence-corrected chi connectivity index (χ2v) is 5.80. The topological polar surface area (TPSA) is 67.6 Å². The first-order valence-corrected chi connectivity index (χ1v) is 7.78. The van der Waals surface area contributed by atoms with Crippen molar-refractivity contribution in [2.75, 3.05) is 25.0 Å². The molecule has 1 aliphatic heterocycles. The molecule has 2 atom stereocenters. The Bertz CT molecular complexity index is 656. The van der Waals surface area contributed by atoms with Crippen LogP contribution in [0.15, 0.2) is 40.9 Å². The van der Waals surface area contributed by atoms with Crippen molar-refractivity contribution < 1.29 is 14.1 Å². The molecule has 0 spiro atoms. The highest BCUT2D eigenvalue weighted by Crippen LogP contribution is 2.25. The minimum Gasteiger partial charge on any atom is -0.376 e. The van der Waals surface area contributed by atoms with Crippen molar-refractivity contribution in [3.63, 3.8) is 0 Å². The molecule has 23 heavy (non-hydrogen) atoms. The van der Waals surface area contributed by atoms with Gasteiger partial charge in [-0.05, 0) is 19.4 Å². The van der Waals surface area contributed by atoms with Gasteiger partial charge in [0.25, 0.3) is 0 Å². The van der Waals surface area contributed by atoms with Crippen molar-refractivity contribution in [3.8, 4) is 0 Å². The summed E-state index contributed by atoms with van der Waals surface area (Å²) in [7, 11) is 0. The van der Waals surface area contributed by atoms with Crippen LogP contribution in [0.4, 0.5) is 5.82 Å². The number of hydrogen-bond donors (Lipinski definition) is 1. The van der Waals surface area contributed by atoms with E-state index in [1.165, 1.54) is 0 Å². The molecule has 6 heteroatoms. The van der Waals surface area contributed by atoms with Gasteiger partial charge in [-0.1, -0.05) is 35.5 Å². The van der Waals surface area contributed by atoms with Crippen LogP contribution in [0, 0.1) is 6.92 Å². The highest BCUT2D eigenvalue weighted by molar-refractivity contribution is 5.94. The molecule has 1 saturated heterocycles. The monoisotopic (exact) mass is 315 g/mol. The molecule has 3 rings (SSSR count). The van der Waals surface area contributed by atoms with E-state index in [2.05, 4.69) is 15.4 Å². The molecule has 122 valence electrons. The molecular formula is C17H21N3O3. The number of aromatic nitrogens is 1. The molecule has 1 amide bonds. The molecule has 1 fully saturated rings. The van der Waals surface area contributed by atoms with E-state index in [1.807, 2.05) is 37.3 Å². The van der Waals surface area contributed by atoms with Crippen LogP contribution in [0.2, 0.25) is 0 Å². The number of aryl methyl sites for hydroxylation is 1. The zero-order valence-corrected chi connectivity index (χ0v) is 13.4. The summed E-state index contributed by atoms with van der Waals surface area (Å²) in [6, 6.07) is 11.1. The number of ether oxygens (including phenoxy) is 1. The van der Waals surface area contributed by atoms with Gasteiger partial charge in [-0.2, -0.15) is 0 Å². The lowest BCUT2D eigenvalue weighted by molar-refractivity contribution is -0.124. The van der Waals surface area contributed by atoms with E-state index in [0.29, 0.717) is 24.7 Å². The molecule has 2 aromatic rings. The molecule has 2 heterocycles. The Morgan fingerprint density at radius 1 is 1.39 bits per heavy atom. The van der Waals surface area contributed by atoms with Crippen LogP contribution in [-0.4, -0.2) is 41.8 Å². The van der Waals surface area contributed by atoms with Gasteiger partial charge in [0, 0.05) is 19.2 Å². The Morgan fingerprint density at radius 2 is 2.17 bits per heavy atom. The van der Waals surface area contributed by atoms with Gasteiger partial charge in [-0.25, -0.2) is 0 Å². The zero-order chi connectivity index (χ0) is 16.2. The number of rotatable bonds is 4. The maximum absolute atomic E-state index is 12.9. The summed E-state index contributed by atoms with van der Waals surface area (Å²) in [4.78, 5) is 15.0. The van der Waals surface area contributed by atoms with E-state index >= 15 is 0 Å². The largest absolute Gasteiger partial charge is 0.376 e. The summed E-state index contributed by atoms with van der Waals surface area (Å²) in [6.07, 6.45) is 0.108. The lowest BCUT2D eigenvalue weighted by atomic mass is 10.0. The average Bonchev–Trinajstić information content (AvgIpc) is 2.94. The Balaban J connectivity index is 1.83. The Labute approximate surface area is 135 Å². The van der Waals surface area contributed by atoms with E-state index in [0.717, 1.165) is 12.1 Å². The average molecular weight is 315 g/mol. The summed E-state index contributed by atoms with van der Waals surface area (Å²) in [5.74, 6) is 0.991.